The molecule has 0 saturated carbocycles. The summed E-state index contributed by atoms with van der Waals surface area (Å²) in [5, 5.41) is 1.18. The number of nitrogens with zero attached hydrogens (tertiary/aromatic N) is 1. The van der Waals surface area contributed by atoms with Crippen LogP contribution in [-0.2, 0) is 4.74 Å². The normalized spacial score (nSPS) is 18.0. The monoisotopic (exact) mass is 262 g/mol. The third-order valence-corrected chi connectivity index (χ3v) is 3.60. The zero-order chi connectivity index (χ0) is 13.4. The fourth-order valence-corrected chi connectivity index (χ4v) is 2.56. The predicted octanol–water partition coefficient (Wildman–Crippen LogP) is 3.69. The van der Waals surface area contributed by atoms with Gasteiger partial charge >= 0.3 is 0 Å². The SMILES string of the molecule is c1ccc([C@@H]2COC(c3cc4ccccc4[nH]3)=N2)cc1. The summed E-state index contributed by atoms with van der Waals surface area (Å²) in [5.41, 5.74) is 3.25. The number of hydrogen-bond donors (Lipinski definition) is 1. The highest BCUT2D eigenvalue weighted by Crippen LogP contribution is 2.25. The zero-order valence-electron chi connectivity index (χ0n) is 10.9. The lowest BCUT2D eigenvalue weighted by atomic mass is 10.1. The van der Waals surface area contributed by atoms with Gasteiger partial charge in [-0.1, -0.05) is 48.5 Å². The number of aromatic nitrogens is 1. The quantitative estimate of drug-likeness (QED) is 0.751. The maximum Gasteiger partial charge on any atom is 0.233 e. The van der Waals surface area contributed by atoms with Crippen LogP contribution in [0.3, 0.4) is 0 Å². The summed E-state index contributed by atoms with van der Waals surface area (Å²) >= 11 is 0. The molecule has 2 aromatic carbocycles. The minimum absolute atomic E-state index is 0.0950. The molecule has 1 aliphatic rings. The van der Waals surface area contributed by atoms with Gasteiger partial charge in [0.05, 0.1) is 0 Å². The van der Waals surface area contributed by atoms with Gasteiger partial charge in [0.1, 0.15) is 18.3 Å². The molecule has 4 rings (SSSR count). The Morgan fingerprint density at radius 2 is 1.80 bits per heavy atom. The van der Waals surface area contributed by atoms with Crippen molar-refractivity contribution in [1.82, 2.24) is 4.98 Å². The van der Waals surface area contributed by atoms with Crippen LogP contribution in [0.1, 0.15) is 17.3 Å². The molecule has 0 bridgehead atoms. The van der Waals surface area contributed by atoms with Crippen LogP contribution in [0.15, 0.2) is 65.7 Å². The number of para-hydroxylation sites is 1. The highest BCUT2D eigenvalue weighted by Gasteiger charge is 2.22. The molecule has 0 saturated heterocycles. The highest BCUT2D eigenvalue weighted by molar-refractivity contribution is 5.98. The van der Waals surface area contributed by atoms with Gasteiger partial charge in [0, 0.05) is 10.9 Å². The van der Waals surface area contributed by atoms with Crippen LogP contribution in [0.4, 0.5) is 0 Å². The third kappa shape index (κ3) is 1.88. The number of aromatic amines is 1. The summed E-state index contributed by atoms with van der Waals surface area (Å²) < 4.78 is 5.75. The molecule has 3 heteroatoms. The molecule has 3 aromatic rings. The highest BCUT2D eigenvalue weighted by atomic mass is 16.5. The number of rotatable bonds is 2. The second-order valence-corrected chi connectivity index (χ2v) is 4.94. The molecule has 0 fully saturated rings. The first-order chi connectivity index (χ1) is 9.90. The van der Waals surface area contributed by atoms with Crippen molar-refractivity contribution in [1.29, 1.82) is 0 Å². The Morgan fingerprint density at radius 3 is 2.65 bits per heavy atom. The Balaban J connectivity index is 1.69. The van der Waals surface area contributed by atoms with Crippen LogP contribution in [0.5, 0.6) is 0 Å². The van der Waals surface area contributed by atoms with Crippen LogP contribution < -0.4 is 0 Å². The van der Waals surface area contributed by atoms with Gasteiger partial charge in [-0.15, -0.1) is 0 Å². The molecule has 98 valence electrons. The summed E-state index contributed by atoms with van der Waals surface area (Å²) in [5.74, 6) is 0.704. The number of fused-ring (bicyclic) bond motifs is 1. The number of nitrogens with one attached hydrogen (secondary N) is 1. The molecular weight excluding hydrogens is 248 g/mol. The lowest BCUT2D eigenvalue weighted by Crippen LogP contribution is -2.01. The second-order valence-electron chi connectivity index (χ2n) is 4.94. The number of ether oxygens (including phenoxy) is 1. The minimum Gasteiger partial charge on any atom is -0.474 e. The van der Waals surface area contributed by atoms with E-state index in [0.717, 1.165) is 11.2 Å². The van der Waals surface area contributed by atoms with E-state index < -0.39 is 0 Å². The van der Waals surface area contributed by atoms with Crippen molar-refractivity contribution in [2.24, 2.45) is 4.99 Å². The topological polar surface area (TPSA) is 37.4 Å². The number of hydrogen-bond acceptors (Lipinski definition) is 2. The van der Waals surface area contributed by atoms with Crippen molar-refractivity contribution >= 4 is 16.8 Å². The van der Waals surface area contributed by atoms with Gasteiger partial charge in [-0.05, 0) is 17.7 Å². The minimum atomic E-state index is 0.0950. The fraction of sp³-hybridized carbons (Fsp3) is 0.118. The molecule has 0 spiro atoms. The maximum atomic E-state index is 5.75. The number of benzene rings is 2. The largest absolute Gasteiger partial charge is 0.474 e. The van der Waals surface area contributed by atoms with Crippen molar-refractivity contribution in [2.45, 2.75) is 6.04 Å². The van der Waals surface area contributed by atoms with Crippen molar-refractivity contribution in [3.05, 3.63) is 71.9 Å². The fourth-order valence-electron chi connectivity index (χ4n) is 2.56. The van der Waals surface area contributed by atoms with E-state index in [9.17, 15) is 0 Å². The Morgan fingerprint density at radius 1 is 1.00 bits per heavy atom. The lowest BCUT2D eigenvalue weighted by molar-refractivity contribution is 0.319. The lowest BCUT2D eigenvalue weighted by Gasteiger charge is -2.03. The summed E-state index contributed by atoms with van der Waals surface area (Å²) in [4.78, 5) is 8.04. The molecule has 0 unspecified atom stereocenters. The van der Waals surface area contributed by atoms with Gasteiger partial charge in [0.15, 0.2) is 0 Å². The van der Waals surface area contributed by atoms with E-state index in [1.807, 2.05) is 30.3 Å². The molecule has 1 N–H and O–H groups in total. The van der Waals surface area contributed by atoms with E-state index in [4.69, 9.17) is 4.74 Å². The first-order valence-corrected chi connectivity index (χ1v) is 6.74. The van der Waals surface area contributed by atoms with E-state index in [0.29, 0.717) is 12.5 Å². The third-order valence-electron chi connectivity index (χ3n) is 3.60. The maximum absolute atomic E-state index is 5.75. The molecule has 1 atom stereocenters. The second kappa shape index (κ2) is 4.53. The Labute approximate surface area is 116 Å². The summed E-state index contributed by atoms with van der Waals surface area (Å²) in [6, 6.07) is 20.6. The first kappa shape index (κ1) is 11.3. The van der Waals surface area contributed by atoms with Crippen LogP contribution in [0, 0.1) is 0 Å². The van der Waals surface area contributed by atoms with Crippen molar-refractivity contribution in [2.75, 3.05) is 6.61 Å². The van der Waals surface area contributed by atoms with E-state index >= 15 is 0 Å². The van der Waals surface area contributed by atoms with Gasteiger partial charge in [0.2, 0.25) is 5.90 Å². The van der Waals surface area contributed by atoms with Crippen LogP contribution in [-0.4, -0.2) is 17.5 Å². The molecule has 3 nitrogen and oxygen atoms in total. The van der Waals surface area contributed by atoms with Crippen molar-refractivity contribution < 1.29 is 4.74 Å². The summed E-state index contributed by atoms with van der Waals surface area (Å²) in [6.07, 6.45) is 0. The molecule has 2 heterocycles. The van der Waals surface area contributed by atoms with E-state index in [1.165, 1.54) is 10.9 Å². The van der Waals surface area contributed by atoms with Gasteiger partial charge in [-0.2, -0.15) is 0 Å². The number of aliphatic imine (C=N–C) groups is 1. The number of H-pyrrole nitrogens is 1. The molecular formula is C17H14N2O. The van der Waals surface area contributed by atoms with Crippen LogP contribution in [0.2, 0.25) is 0 Å². The van der Waals surface area contributed by atoms with Crippen molar-refractivity contribution in [3.8, 4) is 0 Å². The molecule has 0 aliphatic carbocycles. The van der Waals surface area contributed by atoms with E-state index in [-0.39, 0.29) is 6.04 Å². The summed E-state index contributed by atoms with van der Waals surface area (Å²) in [7, 11) is 0. The Hall–Kier alpha value is -2.55. The van der Waals surface area contributed by atoms with E-state index in [1.54, 1.807) is 0 Å². The first-order valence-electron chi connectivity index (χ1n) is 6.74. The molecule has 0 radical (unpaired) electrons. The van der Waals surface area contributed by atoms with Gasteiger partial charge in [-0.3, -0.25) is 0 Å². The molecule has 1 aliphatic heterocycles. The zero-order valence-corrected chi connectivity index (χ0v) is 10.9. The van der Waals surface area contributed by atoms with Gasteiger partial charge in [0.25, 0.3) is 0 Å². The Kier molecular flexibility index (Phi) is 2.56. The van der Waals surface area contributed by atoms with Gasteiger partial charge < -0.3 is 9.72 Å². The van der Waals surface area contributed by atoms with E-state index in [2.05, 4.69) is 40.3 Å². The average Bonchev–Trinajstić information content (AvgIpc) is 3.14. The average molecular weight is 262 g/mol. The smallest absolute Gasteiger partial charge is 0.233 e. The Bertz CT molecular complexity index is 741. The van der Waals surface area contributed by atoms with Crippen LogP contribution >= 0.6 is 0 Å². The summed E-state index contributed by atoms with van der Waals surface area (Å²) in [6.45, 7) is 0.606. The molecule has 1 aromatic heterocycles. The van der Waals surface area contributed by atoms with Crippen LogP contribution in [0.25, 0.3) is 10.9 Å². The molecule has 20 heavy (non-hydrogen) atoms. The standard InChI is InChI=1S/C17H14N2O/c1-2-6-12(7-3-1)16-11-20-17(19-16)15-10-13-8-4-5-9-14(13)18-15/h1-10,16,18H,11H2/t16-/m0/s1. The van der Waals surface area contributed by atoms with Crippen molar-refractivity contribution in [3.63, 3.8) is 0 Å². The predicted molar refractivity (Wildman–Crippen MR) is 80.0 cm³/mol. The van der Waals surface area contributed by atoms with Gasteiger partial charge in [-0.25, -0.2) is 4.99 Å². The molecule has 0 amide bonds.